The molecule has 24 heavy (non-hydrogen) atoms. The molecule has 128 valence electrons. The van der Waals surface area contributed by atoms with Crippen LogP contribution in [0.4, 0.5) is 11.4 Å². The van der Waals surface area contributed by atoms with Gasteiger partial charge >= 0.3 is 0 Å². The summed E-state index contributed by atoms with van der Waals surface area (Å²) in [6, 6.07) is 14.5. The van der Waals surface area contributed by atoms with E-state index in [0.29, 0.717) is 6.54 Å². The zero-order valence-corrected chi connectivity index (χ0v) is 15.3. The first-order valence-electron chi connectivity index (χ1n) is 8.30. The second-order valence-electron chi connectivity index (χ2n) is 6.72. The molecule has 4 nitrogen and oxygen atoms in total. The van der Waals surface area contributed by atoms with Gasteiger partial charge in [-0.15, -0.1) is 0 Å². The van der Waals surface area contributed by atoms with Gasteiger partial charge in [0.1, 0.15) is 6.54 Å². The zero-order chi connectivity index (χ0) is 17.7. The van der Waals surface area contributed by atoms with Gasteiger partial charge in [0.25, 0.3) is 5.91 Å². The molecule has 0 aromatic heterocycles. The van der Waals surface area contributed by atoms with Crippen molar-refractivity contribution in [1.29, 1.82) is 0 Å². The van der Waals surface area contributed by atoms with Crippen LogP contribution in [-0.2, 0) is 11.3 Å². The number of amides is 1. The predicted molar refractivity (Wildman–Crippen MR) is 101 cm³/mol. The highest BCUT2D eigenvalue weighted by Gasteiger charge is 2.11. The molecule has 0 aliphatic rings. The van der Waals surface area contributed by atoms with Gasteiger partial charge in [-0.3, -0.25) is 4.79 Å². The standard InChI is InChI=1S/C20H27N3O/c1-15-6-9-18(12-16(15)2)21-20(24)14-23(5)13-17-7-10-19(11-8-17)22(3)4/h6-12H,13-14H2,1-5H3,(H,21,24)/p+1. The average molecular weight is 326 g/mol. The summed E-state index contributed by atoms with van der Waals surface area (Å²) in [6.45, 7) is 5.40. The Labute approximate surface area is 145 Å². The summed E-state index contributed by atoms with van der Waals surface area (Å²) in [6.07, 6.45) is 0. The molecule has 0 bridgehead atoms. The van der Waals surface area contributed by atoms with Gasteiger partial charge in [0, 0.05) is 31.0 Å². The molecule has 0 aliphatic heterocycles. The number of carbonyl (C=O) groups excluding carboxylic acids is 1. The summed E-state index contributed by atoms with van der Waals surface area (Å²) in [5.74, 6) is 0.0423. The van der Waals surface area contributed by atoms with Crippen LogP contribution in [0.3, 0.4) is 0 Å². The van der Waals surface area contributed by atoms with Crippen molar-refractivity contribution in [2.45, 2.75) is 20.4 Å². The largest absolute Gasteiger partial charge is 0.378 e. The smallest absolute Gasteiger partial charge is 0.279 e. The number of hydrogen-bond acceptors (Lipinski definition) is 2. The Morgan fingerprint density at radius 2 is 1.71 bits per heavy atom. The van der Waals surface area contributed by atoms with Gasteiger partial charge < -0.3 is 15.1 Å². The van der Waals surface area contributed by atoms with Crippen LogP contribution in [0.5, 0.6) is 0 Å². The summed E-state index contributed by atoms with van der Waals surface area (Å²) in [5.41, 5.74) is 5.71. The van der Waals surface area contributed by atoms with E-state index in [1.54, 1.807) is 0 Å². The highest BCUT2D eigenvalue weighted by molar-refractivity contribution is 5.91. The molecule has 2 aromatic carbocycles. The maximum Gasteiger partial charge on any atom is 0.279 e. The lowest BCUT2D eigenvalue weighted by Gasteiger charge is -2.16. The normalized spacial score (nSPS) is 11.9. The van der Waals surface area contributed by atoms with E-state index in [0.717, 1.165) is 17.1 Å². The number of nitrogens with zero attached hydrogens (tertiary/aromatic N) is 1. The molecule has 0 saturated heterocycles. The van der Waals surface area contributed by atoms with Crippen molar-refractivity contribution in [2.24, 2.45) is 0 Å². The van der Waals surface area contributed by atoms with Crippen molar-refractivity contribution >= 4 is 17.3 Å². The Morgan fingerprint density at radius 3 is 2.29 bits per heavy atom. The van der Waals surface area contributed by atoms with Crippen molar-refractivity contribution < 1.29 is 9.69 Å². The van der Waals surface area contributed by atoms with Gasteiger partial charge in [0.05, 0.1) is 7.05 Å². The van der Waals surface area contributed by atoms with Crippen molar-refractivity contribution in [3.63, 3.8) is 0 Å². The number of benzene rings is 2. The quantitative estimate of drug-likeness (QED) is 0.852. The minimum Gasteiger partial charge on any atom is -0.378 e. The fourth-order valence-corrected chi connectivity index (χ4v) is 2.62. The maximum atomic E-state index is 12.2. The van der Waals surface area contributed by atoms with E-state index in [9.17, 15) is 4.79 Å². The molecule has 0 spiro atoms. The second-order valence-corrected chi connectivity index (χ2v) is 6.72. The highest BCUT2D eigenvalue weighted by Crippen LogP contribution is 2.14. The third kappa shape index (κ3) is 5.10. The molecular formula is C20H28N3O+. The number of likely N-dealkylation sites (N-methyl/N-ethyl adjacent to an activating group) is 1. The first kappa shape index (κ1) is 18.0. The average Bonchev–Trinajstić information content (AvgIpc) is 2.51. The number of nitrogens with one attached hydrogen (secondary N) is 2. The molecule has 1 atom stereocenters. The lowest BCUT2D eigenvalue weighted by Crippen LogP contribution is -3.08. The maximum absolute atomic E-state index is 12.2. The fraction of sp³-hybridized carbons (Fsp3) is 0.350. The minimum absolute atomic E-state index is 0.0423. The second kappa shape index (κ2) is 7.97. The van der Waals surface area contributed by atoms with Gasteiger partial charge in [0.2, 0.25) is 0 Å². The number of aryl methyl sites for hydroxylation is 2. The van der Waals surface area contributed by atoms with Gasteiger partial charge in [-0.25, -0.2) is 0 Å². The Morgan fingerprint density at radius 1 is 1.04 bits per heavy atom. The van der Waals surface area contributed by atoms with E-state index < -0.39 is 0 Å². The molecule has 0 saturated carbocycles. The Hall–Kier alpha value is -2.33. The summed E-state index contributed by atoms with van der Waals surface area (Å²) in [4.78, 5) is 15.5. The molecule has 0 fully saturated rings. The highest BCUT2D eigenvalue weighted by atomic mass is 16.2. The molecule has 0 aliphatic carbocycles. The van der Waals surface area contributed by atoms with E-state index >= 15 is 0 Å². The molecule has 1 unspecified atom stereocenters. The van der Waals surface area contributed by atoms with E-state index in [1.165, 1.54) is 22.4 Å². The summed E-state index contributed by atoms with van der Waals surface area (Å²) in [7, 11) is 6.10. The van der Waals surface area contributed by atoms with E-state index in [4.69, 9.17) is 0 Å². The van der Waals surface area contributed by atoms with Crippen LogP contribution < -0.4 is 15.1 Å². The van der Waals surface area contributed by atoms with Gasteiger partial charge in [-0.1, -0.05) is 18.2 Å². The monoisotopic (exact) mass is 326 g/mol. The molecule has 0 heterocycles. The van der Waals surface area contributed by atoms with Crippen molar-refractivity contribution in [3.05, 3.63) is 59.2 Å². The topological polar surface area (TPSA) is 36.8 Å². The summed E-state index contributed by atoms with van der Waals surface area (Å²) >= 11 is 0. The third-order valence-corrected chi connectivity index (χ3v) is 4.21. The van der Waals surface area contributed by atoms with Gasteiger partial charge in [0.15, 0.2) is 6.54 Å². The number of quaternary nitrogens is 1. The lowest BCUT2D eigenvalue weighted by molar-refractivity contribution is -0.885. The molecule has 4 heteroatoms. The Balaban J connectivity index is 1.87. The number of hydrogen-bond donors (Lipinski definition) is 2. The Kier molecular flexibility index (Phi) is 5.99. The summed E-state index contributed by atoms with van der Waals surface area (Å²) < 4.78 is 0. The number of anilines is 2. The first-order valence-corrected chi connectivity index (χ1v) is 8.30. The van der Waals surface area contributed by atoms with Crippen molar-refractivity contribution in [2.75, 3.05) is 37.9 Å². The minimum atomic E-state index is 0.0423. The van der Waals surface area contributed by atoms with Crippen LogP contribution in [0.1, 0.15) is 16.7 Å². The third-order valence-electron chi connectivity index (χ3n) is 4.21. The van der Waals surface area contributed by atoms with Crippen LogP contribution >= 0.6 is 0 Å². The lowest BCUT2D eigenvalue weighted by atomic mass is 10.1. The zero-order valence-electron chi connectivity index (χ0n) is 15.3. The van der Waals surface area contributed by atoms with E-state index in [1.807, 2.05) is 39.3 Å². The van der Waals surface area contributed by atoms with Crippen LogP contribution in [0.25, 0.3) is 0 Å². The van der Waals surface area contributed by atoms with Crippen molar-refractivity contribution in [3.8, 4) is 0 Å². The van der Waals surface area contributed by atoms with Crippen molar-refractivity contribution in [1.82, 2.24) is 0 Å². The van der Waals surface area contributed by atoms with Gasteiger partial charge in [-0.05, 0) is 49.2 Å². The van der Waals surface area contributed by atoms with Crippen LogP contribution in [0.15, 0.2) is 42.5 Å². The molecule has 2 aromatic rings. The summed E-state index contributed by atoms with van der Waals surface area (Å²) in [5, 5.41) is 2.98. The molecule has 0 radical (unpaired) electrons. The first-order chi connectivity index (χ1) is 11.3. The Bertz CT molecular complexity index is 693. The molecular weight excluding hydrogens is 298 g/mol. The van der Waals surface area contributed by atoms with E-state index in [-0.39, 0.29) is 5.91 Å². The van der Waals surface area contributed by atoms with Crippen LogP contribution in [-0.4, -0.2) is 33.6 Å². The van der Waals surface area contributed by atoms with Gasteiger partial charge in [-0.2, -0.15) is 0 Å². The molecule has 1 amide bonds. The molecule has 2 rings (SSSR count). The number of carbonyl (C=O) groups is 1. The predicted octanol–water partition coefficient (Wildman–Crippen LogP) is 2.02. The van der Waals surface area contributed by atoms with Crippen LogP contribution in [0.2, 0.25) is 0 Å². The SMILES string of the molecule is Cc1ccc(NC(=O)C[NH+](C)Cc2ccc(N(C)C)cc2)cc1C. The van der Waals surface area contributed by atoms with E-state index in [2.05, 4.69) is 48.3 Å². The number of rotatable bonds is 6. The fourth-order valence-electron chi connectivity index (χ4n) is 2.62. The molecule has 2 N–H and O–H groups in total. The van der Waals surface area contributed by atoms with Crippen LogP contribution in [0, 0.1) is 13.8 Å².